The van der Waals surface area contributed by atoms with Crippen molar-refractivity contribution in [3.8, 4) is 0 Å². The molecule has 0 bridgehead atoms. The summed E-state index contributed by atoms with van der Waals surface area (Å²) < 4.78 is 14.8. The van der Waals surface area contributed by atoms with Gasteiger partial charge in [-0.2, -0.15) is 5.10 Å². The molecule has 0 spiro atoms. The molecular weight excluding hydrogens is 249 g/mol. The molecule has 0 unspecified atom stereocenters. The second-order valence-corrected chi connectivity index (χ2v) is 4.04. The summed E-state index contributed by atoms with van der Waals surface area (Å²) in [5, 5.41) is 6.73. The molecule has 3 N–H and O–H groups in total. The molecular formula is C12H14FN5O. The highest BCUT2D eigenvalue weighted by Gasteiger charge is 2.12. The maximum atomic E-state index is 13.2. The number of benzene rings is 1. The fourth-order valence-electron chi connectivity index (χ4n) is 1.62. The Morgan fingerprint density at radius 2 is 2.32 bits per heavy atom. The first-order chi connectivity index (χ1) is 9.08. The molecule has 2 aromatic rings. The first-order valence-corrected chi connectivity index (χ1v) is 5.74. The summed E-state index contributed by atoms with van der Waals surface area (Å²) in [6.07, 6.45) is 2.09. The average molecular weight is 263 g/mol. The van der Waals surface area contributed by atoms with Gasteiger partial charge in [-0.3, -0.25) is 9.48 Å². The number of carbonyl (C=O) groups is 1. The third kappa shape index (κ3) is 3.06. The van der Waals surface area contributed by atoms with E-state index in [0.29, 0.717) is 18.8 Å². The first kappa shape index (κ1) is 13.0. The maximum absolute atomic E-state index is 13.2. The highest BCUT2D eigenvalue weighted by atomic mass is 19.1. The number of para-hydroxylation sites is 1. The molecule has 0 aliphatic heterocycles. The third-order valence-corrected chi connectivity index (χ3v) is 2.58. The van der Waals surface area contributed by atoms with Crippen LogP contribution in [0.25, 0.3) is 0 Å². The Hall–Kier alpha value is -2.44. The summed E-state index contributed by atoms with van der Waals surface area (Å²) in [5.41, 5.74) is 5.50. The van der Waals surface area contributed by atoms with Crippen molar-refractivity contribution in [2.24, 2.45) is 7.05 Å². The van der Waals surface area contributed by atoms with Crippen LogP contribution in [-0.2, 0) is 13.5 Å². The Balaban J connectivity index is 1.93. The van der Waals surface area contributed by atoms with Gasteiger partial charge in [0.2, 0.25) is 0 Å². The number of amides is 1. The van der Waals surface area contributed by atoms with Gasteiger partial charge < -0.3 is 11.1 Å². The van der Waals surface area contributed by atoms with Gasteiger partial charge in [0.25, 0.3) is 5.91 Å². The monoisotopic (exact) mass is 263 g/mol. The van der Waals surface area contributed by atoms with E-state index >= 15 is 0 Å². The molecule has 100 valence electrons. The average Bonchev–Trinajstić information content (AvgIpc) is 2.78. The van der Waals surface area contributed by atoms with Gasteiger partial charge in [0.1, 0.15) is 12.1 Å². The van der Waals surface area contributed by atoms with Gasteiger partial charge >= 0.3 is 0 Å². The van der Waals surface area contributed by atoms with Crippen molar-refractivity contribution in [3.63, 3.8) is 0 Å². The van der Waals surface area contributed by atoms with Crippen LogP contribution in [0, 0.1) is 5.82 Å². The van der Waals surface area contributed by atoms with Crippen molar-refractivity contribution in [1.29, 1.82) is 0 Å². The Bertz CT molecular complexity index is 596. The Morgan fingerprint density at radius 1 is 1.53 bits per heavy atom. The van der Waals surface area contributed by atoms with E-state index < -0.39 is 11.7 Å². The van der Waals surface area contributed by atoms with Crippen LogP contribution in [0.5, 0.6) is 0 Å². The quantitative estimate of drug-likeness (QED) is 0.787. The van der Waals surface area contributed by atoms with Crippen molar-refractivity contribution in [1.82, 2.24) is 20.1 Å². The van der Waals surface area contributed by atoms with Crippen LogP contribution < -0.4 is 11.1 Å². The molecule has 0 saturated carbocycles. The van der Waals surface area contributed by atoms with E-state index in [1.165, 1.54) is 18.2 Å². The lowest BCUT2D eigenvalue weighted by Crippen LogP contribution is -2.27. The highest BCUT2D eigenvalue weighted by Crippen LogP contribution is 2.15. The molecule has 1 aromatic heterocycles. The number of rotatable bonds is 4. The van der Waals surface area contributed by atoms with Crippen molar-refractivity contribution in [3.05, 3.63) is 41.7 Å². The fraction of sp³-hybridized carbons (Fsp3) is 0.250. The smallest absolute Gasteiger partial charge is 0.253 e. The largest absolute Gasteiger partial charge is 0.396 e. The minimum atomic E-state index is -0.598. The summed E-state index contributed by atoms with van der Waals surface area (Å²) in [7, 11) is 1.77. The molecule has 2 rings (SSSR count). The van der Waals surface area contributed by atoms with Crippen LogP contribution in [-0.4, -0.2) is 27.2 Å². The van der Waals surface area contributed by atoms with Crippen LogP contribution in [0.1, 0.15) is 16.2 Å². The first-order valence-electron chi connectivity index (χ1n) is 5.74. The third-order valence-electron chi connectivity index (χ3n) is 2.58. The van der Waals surface area contributed by atoms with Gasteiger partial charge in [0.15, 0.2) is 5.82 Å². The molecule has 0 atom stereocenters. The number of nitrogens with one attached hydrogen (secondary N) is 1. The summed E-state index contributed by atoms with van der Waals surface area (Å²) >= 11 is 0. The Morgan fingerprint density at radius 3 is 3.00 bits per heavy atom. The lowest BCUT2D eigenvalue weighted by Gasteiger charge is -2.07. The van der Waals surface area contributed by atoms with E-state index in [4.69, 9.17) is 5.73 Å². The Kier molecular flexibility index (Phi) is 3.74. The second-order valence-electron chi connectivity index (χ2n) is 4.04. The van der Waals surface area contributed by atoms with E-state index in [9.17, 15) is 9.18 Å². The normalized spacial score (nSPS) is 10.4. The summed E-state index contributed by atoms with van der Waals surface area (Å²) in [6, 6.07) is 4.14. The molecule has 7 heteroatoms. The number of hydrogen-bond donors (Lipinski definition) is 2. The van der Waals surface area contributed by atoms with Gasteiger partial charge in [-0.05, 0) is 12.1 Å². The zero-order chi connectivity index (χ0) is 13.8. The SMILES string of the molecule is Cn1cnc(CCNC(=O)c2cccc(F)c2N)n1. The number of carbonyl (C=O) groups excluding carboxylic acids is 1. The number of aromatic nitrogens is 3. The van der Waals surface area contributed by atoms with Crippen LogP contribution in [0.3, 0.4) is 0 Å². The molecule has 1 heterocycles. The summed E-state index contributed by atoms with van der Waals surface area (Å²) in [5.74, 6) is -0.373. The zero-order valence-electron chi connectivity index (χ0n) is 10.4. The number of nitrogen functional groups attached to an aromatic ring is 1. The van der Waals surface area contributed by atoms with Crippen LogP contribution in [0.4, 0.5) is 10.1 Å². The molecule has 0 fully saturated rings. The van der Waals surface area contributed by atoms with Crippen molar-refractivity contribution in [2.75, 3.05) is 12.3 Å². The molecule has 6 nitrogen and oxygen atoms in total. The predicted octanol–water partition coefficient (Wildman–Crippen LogP) is 0.509. The Labute approximate surface area is 109 Å². The van der Waals surface area contributed by atoms with Crippen LogP contribution in [0.2, 0.25) is 0 Å². The number of nitrogens with zero attached hydrogens (tertiary/aromatic N) is 3. The molecule has 1 amide bonds. The van der Waals surface area contributed by atoms with E-state index in [2.05, 4.69) is 15.4 Å². The number of anilines is 1. The second kappa shape index (κ2) is 5.47. The number of nitrogens with two attached hydrogens (primary N) is 1. The van der Waals surface area contributed by atoms with Crippen molar-refractivity contribution < 1.29 is 9.18 Å². The van der Waals surface area contributed by atoms with Crippen molar-refractivity contribution >= 4 is 11.6 Å². The lowest BCUT2D eigenvalue weighted by atomic mass is 10.1. The van der Waals surface area contributed by atoms with Gasteiger partial charge in [-0.1, -0.05) is 6.07 Å². The van der Waals surface area contributed by atoms with Gasteiger partial charge in [-0.25, -0.2) is 9.37 Å². The fourth-order valence-corrected chi connectivity index (χ4v) is 1.62. The van der Waals surface area contributed by atoms with E-state index in [1.807, 2.05) is 0 Å². The highest BCUT2D eigenvalue weighted by molar-refractivity contribution is 5.99. The van der Waals surface area contributed by atoms with E-state index in [1.54, 1.807) is 18.1 Å². The molecule has 1 aromatic carbocycles. The standard InChI is InChI=1S/C12H14FN5O/c1-18-7-16-10(17-18)5-6-15-12(19)8-3-2-4-9(13)11(8)14/h2-4,7H,5-6,14H2,1H3,(H,15,19). The van der Waals surface area contributed by atoms with Crippen LogP contribution >= 0.6 is 0 Å². The minimum Gasteiger partial charge on any atom is -0.396 e. The van der Waals surface area contributed by atoms with Gasteiger partial charge in [0, 0.05) is 20.0 Å². The number of halogens is 1. The maximum Gasteiger partial charge on any atom is 0.253 e. The molecule has 0 aliphatic rings. The lowest BCUT2D eigenvalue weighted by molar-refractivity contribution is 0.0954. The van der Waals surface area contributed by atoms with E-state index in [0.717, 1.165) is 0 Å². The number of aryl methyl sites for hydroxylation is 1. The van der Waals surface area contributed by atoms with Crippen molar-refractivity contribution in [2.45, 2.75) is 6.42 Å². The molecule has 0 saturated heterocycles. The minimum absolute atomic E-state index is 0.133. The summed E-state index contributed by atoms with van der Waals surface area (Å²) in [6.45, 7) is 0.360. The number of hydrogen-bond acceptors (Lipinski definition) is 4. The molecule has 0 radical (unpaired) electrons. The predicted molar refractivity (Wildman–Crippen MR) is 67.9 cm³/mol. The van der Waals surface area contributed by atoms with Gasteiger partial charge in [-0.15, -0.1) is 0 Å². The van der Waals surface area contributed by atoms with Crippen LogP contribution in [0.15, 0.2) is 24.5 Å². The van der Waals surface area contributed by atoms with Gasteiger partial charge in [0.05, 0.1) is 11.3 Å². The zero-order valence-corrected chi connectivity index (χ0v) is 10.4. The molecule has 0 aliphatic carbocycles. The topological polar surface area (TPSA) is 85.8 Å². The van der Waals surface area contributed by atoms with E-state index in [-0.39, 0.29) is 11.3 Å². The molecule has 19 heavy (non-hydrogen) atoms. The summed E-state index contributed by atoms with van der Waals surface area (Å²) in [4.78, 5) is 15.8.